The number of hydrogen-bond acceptors (Lipinski definition) is 7. The van der Waals surface area contributed by atoms with Crippen LogP contribution >= 0.6 is 15.9 Å². The van der Waals surface area contributed by atoms with Crippen LogP contribution in [0.4, 0.5) is 11.4 Å². The number of methoxy groups -OCH3 is 1. The van der Waals surface area contributed by atoms with E-state index in [-0.39, 0.29) is 41.9 Å². The standard InChI is InChI=1S/C41H33BrN2O7/c1-41-31(38(48)44(40(41)50)25-11-7-4-8-12-25)21-29-27(34(41)30-19-24(42)20-32(51-2)36(30)46)17-18-28-33(29)39(49)43(37(28)47)26-15-13-23(14-16-26)35(45)22-9-5-3-6-10-22/h3-17,19-20,28-29,31,33-34,46H,18,21H2,1-2H3. The van der Waals surface area contributed by atoms with Gasteiger partial charge in [0.05, 0.1) is 41.7 Å². The molecule has 8 rings (SSSR count). The fourth-order valence-corrected chi connectivity index (χ4v) is 9.38. The van der Waals surface area contributed by atoms with Crippen LogP contribution in [-0.2, 0) is 19.2 Å². The molecule has 1 N–H and O–H groups in total. The van der Waals surface area contributed by atoms with Crippen LogP contribution in [0.3, 0.4) is 0 Å². The molecule has 0 spiro atoms. The van der Waals surface area contributed by atoms with Gasteiger partial charge in [0, 0.05) is 27.1 Å². The quantitative estimate of drug-likeness (QED) is 0.131. The summed E-state index contributed by atoms with van der Waals surface area (Å²) in [4.78, 5) is 73.0. The number of anilines is 2. The van der Waals surface area contributed by atoms with Crippen molar-refractivity contribution in [2.45, 2.75) is 25.7 Å². The summed E-state index contributed by atoms with van der Waals surface area (Å²) in [6, 6.07) is 27.4. The van der Waals surface area contributed by atoms with E-state index in [1.807, 2.05) is 12.1 Å². The molecule has 6 atom stereocenters. The Morgan fingerprint density at radius 3 is 2.10 bits per heavy atom. The van der Waals surface area contributed by atoms with Gasteiger partial charge in [-0.05, 0) is 74.2 Å². The van der Waals surface area contributed by atoms with Crippen molar-refractivity contribution in [2.75, 3.05) is 16.9 Å². The number of ketones is 1. The van der Waals surface area contributed by atoms with E-state index in [1.54, 1.807) is 97.9 Å². The molecule has 9 nitrogen and oxygen atoms in total. The second kappa shape index (κ2) is 12.2. The predicted molar refractivity (Wildman–Crippen MR) is 192 cm³/mol. The van der Waals surface area contributed by atoms with E-state index < -0.39 is 46.8 Å². The van der Waals surface area contributed by atoms with Gasteiger partial charge in [-0.25, -0.2) is 4.90 Å². The van der Waals surface area contributed by atoms with E-state index in [4.69, 9.17) is 4.74 Å². The number of hydrogen-bond donors (Lipinski definition) is 1. The number of rotatable bonds is 6. The minimum absolute atomic E-state index is 0.159. The summed E-state index contributed by atoms with van der Waals surface area (Å²) in [6.45, 7) is 1.77. The summed E-state index contributed by atoms with van der Waals surface area (Å²) < 4.78 is 6.10. The number of fused-ring (bicyclic) bond motifs is 4. The number of nitrogens with zero attached hydrogens (tertiary/aromatic N) is 2. The van der Waals surface area contributed by atoms with E-state index in [2.05, 4.69) is 15.9 Å². The Morgan fingerprint density at radius 2 is 1.43 bits per heavy atom. The zero-order valence-electron chi connectivity index (χ0n) is 27.8. The Balaban J connectivity index is 1.21. The van der Waals surface area contributed by atoms with Gasteiger partial charge in [-0.3, -0.25) is 28.9 Å². The van der Waals surface area contributed by atoms with Gasteiger partial charge in [-0.1, -0.05) is 76.1 Å². The number of allylic oxidation sites excluding steroid dienone is 2. The number of benzene rings is 4. The molecule has 0 aromatic heterocycles. The first-order valence-electron chi connectivity index (χ1n) is 16.8. The Kier molecular flexibility index (Phi) is 7.83. The molecular weight excluding hydrogens is 712 g/mol. The molecule has 2 aliphatic heterocycles. The van der Waals surface area contributed by atoms with Crippen molar-refractivity contribution in [1.82, 2.24) is 0 Å². The molecule has 10 heteroatoms. The van der Waals surface area contributed by atoms with E-state index in [9.17, 15) is 29.1 Å². The number of halogens is 1. The fourth-order valence-electron chi connectivity index (χ4n) is 8.93. The molecule has 1 saturated carbocycles. The number of phenolic OH excluding ortho intramolecular Hbond substituents is 1. The molecule has 0 bridgehead atoms. The highest BCUT2D eigenvalue weighted by Gasteiger charge is 2.68. The smallest absolute Gasteiger partial charge is 0.241 e. The average molecular weight is 746 g/mol. The van der Waals surface area contributed by atoms with Gasteiger partial charge in [-0.15, -0.1) is 0 Å². The molecular formula is C41H33BrN2O7. The SMILES string of the molecule is COc1cc(Br)cc(C2C3=CCC4C(=O)N(c5ccc(C(=O)c6ccccc6)cc5)C(=O)C4C3CC3C(=O)N(c4ccccc4)C(=O)C32C)c1O. The maximum absolute atomic E-state index is 14.6. The molecule has 2 saturated heterocycles. The van der Waals surface area contributed by atoms with E-state index in [1.165, 1.54) is 16.9 Å². The summed E-state index contributed by atoms with van der Waals surface area (Å²) in [7, 11) is 1.44. The summed E-state index contributed by atoms with van der Waals surface area (Å²) in [5, 5.41) is 11.6. The molecule has 4 amide bonds. The average Bonchev–Trinajstić information content (AvgIpc) is 3.52. The fraction of sp³-hybridized carbons (Fsp3) is 0.244. The molecule has 3 fully saturated rings. The van der Waals surface area contributed by atoms with Crippen LogP contribution in [0, 0.1) is 29.1 Å². The van der Waals surface area contributed by atoms with E-state index >= 15 is 0 Å². The third-order valence-corrected chi connectivity index (χ3v) is 11.8. The molecule has 2 aliphatic carbocycles. The zero-order valence-corrected chi connectivity index (χ0v) is 29.4. The van der Waals surface area contributed by atoms with Crippen molar-refractivity contribution in [3.8, 4) is 11.5 Å². The Hall–Kier alpha value is -5.35. The van der Waals surface area contributed by atoms with Crippen molar-refractivity contribution in [1.29, 1.82) is 0 Å². The first kappa shape index (κ1) is 32.8. The molecule has 6 unspecified atom stereocenters. The Labute approximate surface area is 302 Å². The maximum atomic E-state index is 14.6. The highest BCUT2D eigenvalue weighted by molar-refractivity contribution is 9.10. The molecule has 4 aromatic carbocycles. The molecule has 51 heavy (non-hydrogen) atoms. The van der Waals surface area contributed by atoms with Crippen molar-refractivity contribution in [3.05, 3.63) is 130 Å². The number of phenols is 1. The van der Waals surface area contributed by atoms with Gasteiger partial charge in [-0.2, -0.15) is 0 Å². The maximum Gasteiger partial charge on any atom is 0.241 e. The van der Waals surface area contributed by atoms with Crippen molar-refractivity contribution >= 4 is 56.7 Å². The van der Waals surface area contributed by atoms with Crippen LogP contribution in [0.15, 0.2) is 113 Å². The monoisotopic (exact) mass is 744 g/mol. The molecule has 2 heterocycles. The van der Waals surface area contributed by atoms with Gasteiger partial charge in [0.15, 0.2) is 17.3 Å². The normalized spacial score (nSPS) is 26.8. The molecule has 0 radical (unpaired) electrons. The van der Waals surface area contributed by atoms with Crippen LogP contribution in [0.5, 0.6) is 11.5 Å². The number of imide groups is 2. The third-order valence-electron chi connectivity index (χ3n) is 11.3. The number of amides is 4. The van der Waals surface area contributed by atoms with Crippen molar-refractivity contribution in [3.63, 3.8) is 0 Å². The number of carbonyl (C=O) groups excluding carboxylic acids is 5. The summed E-state index contributed by atoms with van der Waals surface area (Å²) in [5.41, 5.74) is 1.58. The van der Waals surface area contributed by atoms with E-state index in [0.717, 1.165) is 5.57 Å². The largest absolute Gasteiger partial charge is 0.504 e. The van der Waals surface area contributed by atoms with Crippen molar-refractivity contribution in [2.24, 2.45) is 29.1 Å². The summed E-state index contributed by atoms with van der Waals surface area (Å²) >= 11 is 3.53. The molecule has 4 aliphatic rings. The lowest BCUT2D eigenvalue weighted by Crippen LogP contribution is -2.49. The van der Waals surface area contributed by atoms with Gasteiger partial charge in [0.1, 0.15) is 0 Å². The lowest BCUT2D eigenvalue weighted by atomic mass is 9.51. The van der Waals surface area contributed by atoms with Crippen LogP contribution in [0.1, 0.15) is 47.2 Å². The van der Waals surface area contributed by atoms with Crippen LogP contribution in [-0.4, -0.2) is 41.6 Å². The van der Waals surface area contributed by atoms with Crippen LogP contribution < -0.4 is 14.5 Å². The lowest BCUT2D eigenvalue weighted by molar-refractivity contribution is -0.131. The van der Waals surface area contributed by atoms with Crippen LogP contribution in [0.25, 0.3) is 0 Å². The van der Waals surface area contributed by atoms with Gasteiger partial charge in [0.2, 0.25) is 23.6 Å². The second-order valence-electron chi connectivity index (χ2n) is 13.8. The number of ether oxygens (including phenoxy) is 1. The molecule has 256 valence electrons. The lowest BCUT2D eigenvalue weighted by Gasteiger charge is -2.49. The molecule has 4 aromatic rings. The van der Waals surface area contributed by atoms with Crippen molar-refractivity contribution < 1.29 is 33.8 Å². The summed E-state index contributed by atoms with van der Waals surface area (Å²) in [5.74, 6) is -5.34. The Bertz CT molecular complexity index is 2170. The number of carbonyl (C=O) groups is 5. The van der Waals surface area contributed by atoms with Crippen LogP contribution in [0.2, 0.25) is 0 Å². The van der Waals surface area contributed by atoms with Gasteiger partial charge in [0.25, 0.3) is 0 Å². The van der Waals surface area contributed by atoms with E-state index in [0.29, 0.717) is 32.5 Å². The first-order chi connectivity index (χ1) is 24.6. The van der Waals surface area contributed by atoms with Gasteiger partial charge >= 0.3 is 0 Å². The number of para-hydroxylation sites is 1. The first-order valence-corrected chi connectivity index (χ1v) is 17.6. The minimum Gasteiger partial charge on any atom is -0.504 e. The highest BCUT2D eigenvalue weighted by atomic mass is 79.9. The number of aromatic hydroxyl groups is 1. The highest BCUT2D eigenvalue weighted by Crippen LogP contribution is 2.65. The predicted octanol–water partition coefficient (Wildman–Crippen LogP) is 6.83. The Morgan fingerprint density at radius 1 is 0.804 bits per heavy atom. The third kappa shape index (κ3) is 4.83. The second-order valence-corrected chi connectivity index (χ2v) is 14.7. The minimum atomic E-state index is -1.32. The van der Waals surface area contributed by atoms with Gasteiger partial charge < -0.3 is 9.84 Å². The topological polar surface area (TPSA) is 121 Å². The zero-order chi connectivity index (χ0) is 35.8. The summed E-state index contributed by atoms with van der Waals surface area (Å²) in [6.07, 6.45) is 2.36.